The predicted octanol–water partition coefficient (Wildman–Crippen LogP) is 6.56. The Kier molecular flexibility index (Phi) is 3.20. The van der Waals surface area contributed by atoms with Gasteiger partial charge in [0, 0.05) is 10.0 Å². The fourth-order valence-corrected chi connectivity index (χ4v) is 3.46. The molecule has 0 saturated carbocycles. The summed E-state index contributed by atoms with van der Waals surface area (Å²) in [5, 5.41) is 4.19. The minimum Gasteiger partial charge on any atom is -0.206 e. The topological polar surface area (TPSA) is 0 Å². The highest BCUT2D eigenvalue weighted by atomic mass is 79.9. The summed E-state index contributed by atoms with van der Waals surface area (Å²) in [7, 11) is 0. The molecule has 0 nitrogen and oxygen atoms in total. The molecule has 0 aliphatic carbocycles. The third-order valence-corrected chi connectivity index (χ3v) is 4.61. The van der Waals surface area contributed by atoms with Crippen molar-refractivity contribution in [3.8, 4) is 11.1 Å². The zero-order chi connectivity index (χ0) is 15.1. The van der Waals surface area contributed by atoms with E-state index < -0.39 is 0 Å². The van der Waals surface area contributed by atoms with Crippen LogP contribution in [0.3, 0.4) is 0 Å². The maximum Gasteiger partial charge on any atom is 0.131 e. The average molecular weight is 351 g/mol. The van der Waals surface area contributed by atoms with Crippen molar-refractivity contribution in [1.29, 1.82) is 0 Å². The zero-order valence-electron chi connectivity index (χ0n) is 11.7. The van der Waals surface area contributed by atoms with Gasteiger partial charge in [0.2, 0.25) is 0 Å². The predicted molar refractivity (Wildman–Crippen MR) is 94.5 cm³/mol. The second-order valence-electron chi connectivity index (χ2n) is 5.36. The molecule has 0 unspecified atom stereocenters. The lowest BCUT2D eigenvalue weighted by atomic mass is 9.98. The lowest BCUT2D eigenvalue weighted by molar-refractivity contribution is 0.633. The van der Waals surface area contributed by atoms with Crippen LogP contribution in [0, 0.1) is 5.82 Å². The van der Waals surface area contributed by atoms with Crippen molar-refractivity contribution in [2.24, 2.45) is 0 Å². The Balaban J connectivity index is 2.00. The Labute approximate surface area is 136 Å². The Bertz CT molecular complexity index is 1000. The molecule has 0 aliphatic heterocycles. The fraction of sp³-hybridized carbons (Fsp3) is 0. The Hall–Kier alpha value is -2.19. The van der Waals surface area contributed by atoms with Crippen LogP contribution in [0.1, 0.15) is 0 Å². The van der Waals surface area contributed by atoms with Crippen LogP contribution in [0.5, 0.6) is 0 Å². The SMILES string of the molecule is Fc1cc2ccccc2cc1-c1cc(Br)c2ccccc2c1. The summed E-state index contributed by atoms with van der Waals surface area (Å²) in [6.45, 7) is 0. The van der Waals surface area contributed by atoms with Gasteiger partial charge in [-0.15, -0.1) is 0 Å². The van der Waals surface area contributed by atoms with Gasteiger partial charge in [-0.25, -0.2) is 4.39 Å². The molecule has 0 fully saturated rings. The van der Waals surface area contributed by atoms with Gasteiger partial charge in [0.25, 0.3) is 0 Å². The third-order valence-electron chi connectivity index (χ3n) is 3.96. The summed E-state index contributed by atoms with van der Waals surface area (Å²) in [5.41, 5.74) is 1.51. The van der Waals surface area contributed by atoms with Gasteiger partial charge in [-0.2, -0.15) is 0 Å². The highest BCUT2D eigenvalue weighted by Crippen LogP contribution is 2.33. The van der Waals surface area contributed by atoms with Crippen LogP contribution in [0.15, 0.2) is 77.3 Å². The molecule has 4 rings (SSSR count). The van der Waals surface area contributed by atoms with Gasteiger partial charge in [-0.1, -0.05) is 64.5 Å². The summed E-state index contributed by atoms with van der Waals surface area (Å²) < 4.78 is 15.5. The Morgan fingerprint density at radius 2 is 1.32 bits per heavy atom. The molecule has 22 heavy (non-hydrogen) atoms. The molecule has 0 heterocycles. The molecule has 0 bridgehead atoms. The maximum atomic E-state index is 14.5. The van der Waals surface area contributed by atoms with Gasteiger partial charge in [0.05, 0.1) is 0 Å². The summed E-state index contributed by atoms with van der Waals surface area (Å²) in [5.74, 6) is -0.194. The monoisotopic (exact) mass is 350 g/mol. The standard InChI is InChI=1S/C20H12BrF/c21-19-11-16(9-15-7-3-4-8-17(15)19)18-10-13-5-1-2-6-14(13)12-20(18)22/h1-12H. The minimum absolute atomic E-state index is 0.194. The van der Waals surface area contributed by atoms with Gasteiger partial charge in [0.1, 0.15) is 5.82 Å². The molecule has 0 aromatic heterocycles. The number of fused-ring (bicyclic) bond motifs is 2. The molecule has 106 valence electrons. The van der Waals surface area contributed by atoms with E-state index in [0.717, 1.165) is 31.6 Å². The molecule has 0 aliphatic rings. The van der Waals surface area contributed by atoms with E-state index in [1.54, 1.807) is 6.07 Å². The van der Waals surface area contributed by atoms with Crippen LogP contribution in [0.2, 0.25) is 0 Å². The molecule has 4 aromatic carbocycles. The van der Waals surface area contributed by atoms with Crippen LogP contribution in [-0.4, -0.2) is 0 Å². The molecule has 0 atom stereocenters. The highest BCUT2D eigenvalue weighted by molar-refractivity contribution is 9.10. The van der Waals surface area contributed by atoms with Crippen molar-refractivity contribution in [1.82, 2.24) is 0 Å². The van der Waals surface area contributed by atoms with Crippen molar-refractivity contribution in [2.75, 3.05) is 0 Å². The van der Waals surface area contributed by atoms with Crippen LogP contribution < -0.4 is 0 Å². The number of hydrogen-bond acceptors (Lipinski definition) is 0. The van der Waals surface area contributed by atoms with Crippen molar-refractivity contribution < 1.29 is 4.39 Å². The molecule has 2 heteroatoms. The molecular weight excluding hydrogens is 339 g/mol. The van der Waals surface area contributed by atoms with Crippen LogP contribution in [0.4, 0.5) is 4.39 Å². The molecule has 0 saturated heterocycles. The van der Waals surface area contributed by atoms with Crippen LogP contribution in [0.25, 0.3) is 32.7 Å². The number of rotatable bonds is 1. The lowest BCUT2D eigenvalue weighted by Gasteiger charge is -2.09. The minimum atomic E-state index is -0.194. The van der Waals surface area contributed by atoms with Crippen molar-refractivity contribution in [2.45, 2.75) is 0 Å². The van der Waals surface area contributed by atoms with Crippen molar-refractivity contribution in [3.05, 3.63) is 83.1 Å². The molecule has 0 N–H and O–H groups in total. The lowest BCUT2D eigenvalue weighted by Crippen LogP contribution is -1.87. The van der Waals surface area contributed by atoms with E-state index in [4.69, 9.17) is 0 Å². The first kappa shape index (κ1) is 13.5. The maximum absolute atomic E-state index is 14.5. The number of benzene rings is 4. The van der Waals surface area contributed by atoms with Gasteiger partial charge in [-0.3, -0.25) is 0 Å². The first-order valence-electron chi connectivity index (χ1n) is 7.09. The summed E-state index contributed by atoms with van der Waals surface area (Å²) >= 11 is 3.60. The van der Waals surface area contributed by atoms with E-state index in [1.807, 2.05) is 60.7 Å². The van der Waals surface area contributed by atoms with E-state index in [1.165, 1.54) is 0 Å². The average Bonchev–Trinajstić information content (AvgIpc) is 2.54. The quantitative estimate of drug-likeness (QED) is 0.364. The fourth-order valence-electron chi connectivity index (χ4n) is 2.85. The van der Waals surface area contributed by atoms with Crippen LogP contribution in [-0.2, 0) is 0 Å². The van der Waals surface area contributed by atoms with E-state index in [-0.39, 0.29) is 5.82 Å². The molecule has 0 amide bonds. The largest absolute Gasteiger partial charge is 0.206 e. The molecule has 4 aromatic rings. The highest BCUT2D eigenvalue weighted by Gasteiger charge is 2.09. The van der Waals surface area contributed by atoms with Gasteiger partial charge in [-0.05, 0) is 51.4 Å². The third kappa shape index (κ3) is 2.20. The van der Waals surface area contributed by atoms with Gasteiger partial charge < -0.3 is 0 Å². The zero-order valence-corrected chi connectivity index (χ0v) is 13.3. The number of hydrogen-bond donors (Lipinski definition) is 0. The second kappa shape index (κ2) is 5.22. The van der Waals surface area contributed by atoms with Gasteiger partial charge >= 0.3 is 0 Å². The Morgan fingerprint density at radius 1 is 0.682 bits per heavy atom. The van der Waals surface area contributed by atoms with Crippen LogP contribution >= 0.6 is 15.9 Å². The normalized spacial score (nSPS) is 11.2. The first-order valence-corrected chi connectivity index (χ1v) is 7.89. The van der Waals surface area contributed by atoms with E-state index in [9.17, 15) is 4.39 Å². The summed E-state index contributed by atoms with van der Waals surface area (Å²) in [6, 6.07) is 23.5. The first-order chi connectivity index (χ1) is 10.7. The van der Waals surface area contributed by atoms with Gasteiger partial charge in [0.15, 0.2) is 0 Å². The van der Waals surface area contributed by atoms with Crippen molar-refractivity contribution >= 4 is 37.5 Å². The van der Waals surface area contributed by atoms with E-state index in [0.29, 0.717) is 5.56 Å². The molecule has 0 spiro atoms. The smallest absolute Gasteiger partial charge is 0.131 e. The molecular formula is C20H12BrF. The van der Waals surface area contributed by atoms with E-state index >= 15 is 0 Å². The summed E-state index contributed by atoms with van der Waals surface area (Å²) in [6.07, 6.45) is 0. The summed E-state index contributed by atoms with van der Waals surface area (Å²) in [4.78, 5) is 0. The Morgan fingerprint density at radius 3 is 2.09 bits per heavy atom. The second-order valence-corrected chi connectivity index (χ2v) is 6.21. The van der Waals surface area contributed by atoms with E-state index in [2.05, 4.69) is 22.0 Å². The molecule has 0 radical (unpaired) electrons. The van der Waals surface area contributed by atoms with Crippen molar-refractivity contribution in [3.63, 3.8) is 0 Å². The number of halogens is 2.